The van der Waals surface area contributed by atoms with Crippen LogP contribution in [-0.4, -0.2) is 72.7 Å². The molecule has 1 aromatic carbocycles. The zero-order valence-electron chi connectivity index (χ0n) is 21.3. The summed E-state index contributed by atoms with van der Waals surface area (Å²) in [5.74, 6) is 0.408. The monoisotopic (exact) mass is 523 g/mol. The van der Waals surface area contributed by atoms with E-state index in [1.807, 2.05) is 18.7 Å². The van der Waals surface area contributed by atoms with Crippen LogP contribution in [0.15, 0.2) is 37.2 Å². The van der Waals surface area contributed by atoms with E-state index in [1.54, 1.807) is 12.1 Å². The number of amides is 1. The molecular formula is C26H30FN7O4. The summed E-state index contributed by atoms with van der Waals surface area (Å²) >= 11 is 0. The Kier molecular flexibility index (Phi) is 6.34. The van der Waals surface area contributed by atoms with Crippen molar-refractivity contribution in [3.63, 3.8) is 0 Å². The SMILES string of the molecule is Cc1c(Nc2ccc(-n3cncn3)cc2F)ncnc1OC1CC2COCC(C1)N2C(=O)OC1(C)CCC1. The molecule has 6 rings (SSSR count). The number of hydrogen-bond acceptors (Lipinski definition) is 9. The molecule has 38 heavy (non-hydrogen) atoms. The summed E-state index contributed by atoms with van der Waals surface area (Å²) in [7, 11) is 0. The van der Waals surface area contributed by atoms with E-state index in [1.165, 1.54) is 29.7 Å². The van der Waals surface area contributed by atoms with Crippen LogP contribution in [0.1, 0.15) is 44.6 Å². The Bertz CT molecular complexity index is 1300. The van der Waals surface area contributed by atoms with E-state index in [0.717, 1.165) is 19.3 Å². The zero-order valence-corrected chi connectivity index (χ0v) is 21.3. The number of nitrogens with zero attached hydrogens (tertiary/aromatic N) is 6. The lowest BCUT2D eigenvalue weighted by molar-refractivity contribution is -0.114. The summed E-state index contributed by atoms with van der Waals surface area (Å²) in [6.07, 6.45) is 7.98. The molecule has 3 aliphatic rings. The number of halogens is 1. The highest BCUT2D eigenvalue weighted by Crippen LogP contribution is 2.38. The Labute approximate surface area is 219 Å². The zero-order chi connectivity index (χ0) is 26.3. The number of hydrogen-bond donors (Lipinski definition) is 1. The van der Waals surface area contributed by atoms with Crippen LogP contribution in [0.25, 0.3) is 5.69 Å². The van der Waals surface area contributed by atoms with Crippen molar-refractivity contribution in [3.8, 4) is 11.6 Å². The predicted octanol–water partition coefficient (Wildman–Crippen LogP) is 3.94. The van der Waals surface area contributed by atoms with Crippen molar-refractivity contribution in [2.24, 2.45) is 0 Å². The minimum Gasteiger partial charge on any atom is -0.474 e. The number of nitrogens with one attached hydrogen (secondary N) is 1. The first kappa shape index (κ1) is 24.5. The van der Waals surface area contributed by atoms with Gasteiger partial charge < -0.3 is 19.5 Å². The molecule has 11 nitrogen and oxygen atoms in total. The van der Waals surface area contributed by atoms with E-state index in [0.29, 0.717) is 49.0 Å². The normalized spacial score (nSPS) is 23.9. The van der Waals surface area contributed by atoms with E-state index in [4.69, 9.17) is 14.2 Å². The predicted molar refractivity (Wildman–Crippen MR) is 134 cm³/mol. The van der Waals surface area contributed by atoms with Crippen molar-refractivity contribution in [2.75, 3.05) is 18.5 Å². The summed E-state index contributed by atoms with van der Waals surface area (Å²) in [4.78, 5) is 27.4. The Morgan fingerprint density at radius 2 is 1.97 bits per heavy atom. The second kappa shape index (κ2) is 9.82. The molecule has 2 atom stereocenters. The Hall–Kier alpha value is -3.80. The molecule has 0 spiro atoms. The summed E-state index contributed by atoms with van der Waals surface area (Å²) in [6.45, 7) is 4.72. The molecule has 3 fully saturated rings. The first-order valence-electron chi connectivity index (χ1n) is 12.9. The first-order chi connectivity index (χ1) is 18.4. The summed E-state index contributed by atoms with van der Waals surface area (Å²) in [6, 6.07) is 4.48. The van der Waals surface area contributed by atoms with Crippen LogP contribution in [0.5, 0.6) is 5.88 Å². The molecular weight excluding hydrogens is 493 g/mol. The van der Waals surface area contributed by atoms with Gasteiger partial charge in [-0.25, -0.2) is 28.8 Å². The first-order valence-corrected chi connectivity index (χ1v) is 12.9. The van der Waals surface area contributed by atoms with Crippen LogP contribution in [0, 0.1) is 12.7 Å². The molecule has 2 unspecified atom stereocenters. The van der Waals surface area contributed by atoms with Crippen LogP contribution < -0.4 is 10.1 Å². The van der Waals surface area contributed by atoms with Gasteiger partial charge in [0.1, 0.15) is 42.3 Å². The average Bonchev–Trinajstić information content (AvgIpc) is 3.41. The molecule has 12 heteroatoms. The summed E-state index contributed by atoms with van der Waals surface area (Å²) in [5, 5.41) is 7.07. The van der Waals surface area contributed by atoms with Gasteiger partial charge in [0, 0.05) is 18.9 Å². The fraction of sp³-hybridized carbons (Fsp3) is 0.500. The summed E-state index contributed by atoms with van der Waals surface area (Å²) < 4.78 is 34.3. The van der Waals surface area contributed by atoms with E-state index >= 15 is 0 Å². The van der Waals surface area contributed by atoms with Crippen LogP contribution in [0.3, 0.4) is 0 Å². The van der Waals surface area contributed by atoms with Crippen molar-refractivity contribution in [1.82, 2.24) is 29.6 Å². The van der Waals surface area contributed by atoms with Gasteiger partial charge in [0.15, 0.2) is 0 Å². The molecule has 200 valence electrons. The Balaban J connectivity index is 1.14. The smallest absolute Gasteiger partial charge is 0.410 e. The number of morpholine rings is 1. The fourth-order valence-electron chi connectivity index (χ4n) is 5.35. The van der Waals surface area contributed by atoms with Crippen molar-refractivity contribution in [1.29, 1.82) is 0 Å². The lowest BCUT2D eigenvalue weighted by Crippen LogP contribution is -2.62. The molecule has 1 amide bonds. The highest BCUT2D eigenvalue weighted by Gasteiger charge is 2.46. The van der Waals surface area contributed by atoms with Gasteiger partial charge in [0.25, 0.3) is 0 Å². The van der Waals surface area contributed by atoms with Gasteiger partial charge >= 0.3 is 6.09 Å². The fourth-order valence-corrected chi connectivity index (χ4v) is 5.35. The lowest BCUT2D eigenvalue weighted by Gasteiger charge is -2.49. The Morgan fingerprint density at radius 1 is 1.18 bits per heavy atom. The molecule has 2 bridgehead atoms. The van der Waals surface area contributed by atoms with Gasteiger partial charge in [0.05, 0.1) is 42.2 Å². The standard InChI is InChI=1S/C26H30FN7O4/c1-16-23(32-22-5-4-17(10-21(22)27)33-15-28-13-31-33)29-14-30-24(16)37-20-8-18-11-36-12-19(9-20)34(18)25(35)38-26(2)6-3-7-26/h4-5,10,13-15,18-20H,3,6-9,11-12H2,1-2H3,(H,29,30,32). The maximum atomic E-state index is 14.8. The second-order valence-corrected chi connectivity index (χ2v) is 10.4. The van der Waals surface area contributed by atoms with Crippen molar-refractivity contribution in [2.45, 2.75) is 69.7 Å². The van der Waals surface area contributed by atoms with Gasteiger partial charge in [-0.3, -0.25) is 4.90 Å². The van der Waals surface area contributed by atoms with Crippen LogP contribution in [0.4, 0.5) is 20.7 Å². The van der Waals surface area contributed by atoms with Gasteiger partial charge in [-0.05, 0) is 45.2 Å². The number of anilines is 2. The number of fused-ring (bicyclic) bond motifs is 2. The number of rotatable bonds is 6. The van der Waals surface area contributed by atoms with E-state index in [2.05, 4.69) is 25.4 Å². The third kappa shape index (κ3) is 4.75. The lowest BCUT2D eigenvalue weighted by atomic mass is 9.82. The van der Waals surface area contributed by atoms with Crippen molar-refractivity contribution in [3.05, 3.63) is 48.6 Å². The average molecular weight is 524 g/mol. The number of benzene rings is 1. The van der Waals surface area contributed by atoms with Crippen LogP contribution in [-0.2, 0) is 9.47 Å². The quantitative estimate of drug-likeness (QED) is 0.513. The van der Waals surface area contributed by atoms with Crippen molar-refractivity contribution >= 4 is 17.6 Å². The van der Waals surface area contributed by atoms with Crippen LogP contribution in [0.2, 0.25) is 0 Å². The molecule has 1 N–H and O–H groups in total. The molecule has 1 saturated carbocycles. The van der Waals surface area contributed by atoms with Gasteiger partial charge in [-0.2, -0.15) is 5.10 Å². The highest BCUT2D eigenvalue weighted by molar-refractivity contribution is 5.69. The Morgan fingerprint density at radius 3 is 2.63 bits per heavy atom. The number of ether oxygens (including phenoxy) is 3. The molecule has 1 aliphatic carbocycles. The number of aromatic nitrogens is 5. The number of carbonyl (C=O) groups is 1. The van der Waals surface area contributed by atoms with E-state index in [-0.39, 0.29) is 35.6 Å². The van der Waals surface area contributed by atoms with Crippen LogP contribution >= 0.6 is 0 Å². The number of carbonyl (C=O) groups excluding carboxylic acids is 1. The van der Waals surface area contributed by atoms with Crippen molar-refractivity contribution < 1.29 is 23.4 Å². The van der Waals surface area contributed by atoms with E-state index in [9.17, 15) is 9.18 Å². The van der Waals surface area contributed by atoms with Gasteiger partial charge in [-0.15, -0.1) is 0 Å². The second-order valence-electron chi connectivity index (χ2n) is 10.4. The third-order valence-corrected chi connectivity index (χ3v) is 7.64. The largest absolute Gasteiger partial charge is 0.474 e. The molecule has 2 aromatic heterocycles. The number of piperidine rings is 1. The highest BCUT2D eigenvalue weighted by atomic mass is 19.1. The maximum absolute atomic E-state index is 14.8. The third-order valence-electron chi connectivity index (χ3n) is 7.64. The maximum Gasteiger partial charge on any atom is 0.410 e. The molecule has 2 aliphatic heterocycles. The molecule has 3 aromatic rings. The molecule has 2 saturated heterocycles. The topological polar surface area (TPSA) is 117 Å². The molecule has 4 heterocycles. The van der Waals surface area contributed by atoms with Gasteiger partial charge in [-0.1, -0.05) is 0 Å². The van der Waals surface area contributed by atoms with E-state index < -0.39 is 5.82 Å². The van der Waals surface area contributed by atoms with Gasteiger partial charge in [0.2, 0.25) is 5.88 Å². The minimum absolute atomic E-state index is 0.124. The molecule has 0 radical (unpaired) electrons. The summed E-state index contributed by atoms with van der Waals surface area (Å²) in [5.41, 5.74) is 1.13. The minimum atomic E-state index is -0.457.